The van der Waals surface area contributed by atoms with Crippen molar-refractivity contribution in [2.45, 2.75) is 6.54 Å². The van der Waals surface area contributed by atoms with Crippen molar-refractivity contribution in [1.82, 2.24) is 9.80 Å². The molecule has 0 N–H and O–H groups in total. The van der Waals surface area contributed by atoms with E-state index < -0.39 is 0 Å². The average molecular weight is 308 g/mol. The minimum Gasteiger partial charge on any atom is -0.497 e. The van der Waals surface area contributed by atoms with E-state index in [1.807, 2.05) is 66.5 Å². The number of amides is 2. The van der Waals surface area contributed by atoms with E-state index in [-0.39, 0.29) is 6.03 Å². The second-order valence-corrected chi connectivity index (χ2v) is 5.55. The maximum atomic E-state index is 12.6. The molecule has 0 atom stereocenters. The van der Waals surface area contributed by atoms with Gasteiger partial charge < -0.3 is 9.64 Å². The normalized spacial score (nSPS) is 14.7. The predicted molar refractivity (Wildman–Crippen MR) is 91.0 cm³/mol. The van der Waals surface area contributed by atoms with Crippen molar-refractivity contribution in [3.05, 3.63) is 71.8 Å². The summed E-state index contributed by atoms with van der Waals surface area (Å²) < 4.78 is 5.19. The van der Waals surface area contributed by atoms with Gasteiger partial charge in [-0.05, 0) is 29.3 Å². The lowest BCUT2D eigenvalue weighted by molar-refractivity contribution is 0.181. The summed E-state index contributed by atoms with van der Waals surface area (Å²) in [6.07, 6.45) is 2.10. The molecule has 0 saturated heterocycles. The third-order valence-electron chi connectivity index (χ3n) is 3.98. The van der Waals surface area contributed by atoms with E-state index in [1.54, 1.807) is 12.0 Å². The van der Waals surface area contributed by atoms with Gasteiger partial charge in [0.25, 0.3) is 0 Å². The van der Waals surface area contributed by atoms with Gasteiger partial charge in [-0.15, -0.1) is 0 Å². The molecule has 2 aromatic rings. The van der Waals surface area contributed by atoms with E-state index in [4.69, 9.17) is 4.74 Å². The molecule has 0 aromatic heterocycles. The van der Waals surface area contributed by atoms with Crippen LogP contribution in [0.25, 0.3) is 5.70 Å². The lowest BCUT2D eigenvalue weighted by Gasteiger charge is -2.34. The summed E-state index contributed by atoms with van der Waals surface area (Å²) in [6, 6.07) is 17.9. The molecule has 0 spiro atoms. The van der Waals surface area contributed by atoms with E-state index >= 15 is 0 Å². The van der Waals surface area contributed by atoms with Crippen LogP contribution in [0, 0.1) is 0 Å². The number of benzene rings is 2. The van der Waals surface area contributed by atoms with Crippen LogP contribution in [0.3, 0.4) is 0 Å². The Morgan fingerprint density at radius 1 is 1.04 bits per heavy atom. The van der Waals surface area contributed by atoms with Crippen LogP contribution in [0.2, 0.25) is 0 Å². The van der Waals surface area contributed by atoms with Gasteiger partial charge in [0.2, 0.25) is 0 Å². The lowest BCUT2D eigenvalue weighted by Crippen LogP contribution is -2.43. The minimum absolute atomic E-state index is 0.0159. The quantitative estimate of drug-likeness (QED) is 0.864. The van der Waals surface area contributed by atoms with E-state index in [0.29, 0.717) is 13.1 Å². The van der Waals surface area contributed by atoms with Gasteiger partial charge in [0.1, 0.15) is 5.75 Å². The van der Waals surface area contributed by atoms with Gasteiger partial charge in [0, 0.05) is 13.6 Å². The van der Waals surface area contributed by atoms with Crippen LogP contribution >= 0.6 is 0 Å². The summed E-state index contributed by atoms with van der Waals surface area (Å²) in [5.74, 6) is 0.815. The van der Waals surface area contributed by atoms with E-state index in [1.165, 1.54) is 0 Å². The third-order valence-corrected chi connectivity index (χ3v) is 3.98. The van der Waals surface area contributed by atoms with Crippen LogP contribution in [0.1, 0.15) is 11.1 Å². The van der Waals surface area contributed by atoms with Gasteiger partial charge in [-0.25, -0.2) is 4.79 Å². The number of carbonyl (C=O) groups is 1. The fraction of sp³-hybridized carbons (Fsp3) is 0.211. The van der Waals surface area contributed by atoms with Gasteiger partial charge in [0.05, 0.1) is 19.4 Å². The molecule has 1 aliphatic heterocycles. The lowest BCUT2D eigenvalue weighted by atomic mass is 10.1. The first-order valence-corrected chi connectivity index (χ1v) is 7.60. The zero-order valence-corrected chi connectivity index (χ0v) is 13.4. The Hall–Kier alpha value is -2.75. The molecule has 3 rings (SSSR count). The standard InChI is InChI=1S/C19H20N2O2/c1-20-13-12-18(16-6-4-3-5-7-16)21(19(20)22)14-15-8-10-17(23-2)11-9-15/h3-12H,13-14H2,1-2H3. The molecule has 0 radical (unpaired) electrons. The summed E-state index contributed by atoms with van der Waals surface area (Å²) >= 11 is 0. The third kappa shape index (κ3) is 3.21. The van der Waals surface area contributed by atoms with Crippen LogP contribution in [-0.2, 0) is 6.54 Å². The van der Waals surface area contributed by atoms with Crippen molar-refractivity contribution in [2.75, 3.05) is 20.7 Å². The molecular formula is C19H20N2O2. The number of rotatable bonds is 4. The molecule has 23 heavy (non-hydrogen) atoms. The van der Waals surface area contributed by atoms with Crippen molar-refractivity contribution in [1.29, 1.82) is 0 Å². The number of methoxy groups -OCH3 is 1. The predicted octanol–water partition coefficient (Wildman–Crippen LogP) is 3.60. The molecule has 2 aromatic carbocycles. The summed E-state index contributed by atoms with van der Waals surface area (Å²) in [6.45, 7) is 1.16. The highest BCUT2D eigenvalue weighted by atomic mass is 16.5. The fourth-order valence-electron chi connectivity index (χ4n) is 2.67. The number of hydrogen-bond donors (Lipinski definition) is 0. The Morgan fingerprint density at radius 2 is 1.74 bits per heavy atom. The SMILES string of the molecule is COc1ccc(CN2C(=O)N(C)CC=C2c2ccccc2)cc1. The van der Waals surface area contributed by atoms with Crippen LogP contribution in [0.5, 0.6) is 5.75 Å². The smallest absolute Gasteiger partial charge is 0.324 e. The number of urea groups is 1. The van der Waals surface area contributed by atoms with Crippen LogP contribution in [-0.4, -0.2) is 36.5 Å². The Balaban J connectivity index is 1.90. The van der Waals surface area contributed by atoms with Crippen molar-refractivity contribution in [2.24, 2.45) is 0 Å². The summed E-state index contributed by atoms with van der Waals surface area (Å²) in [5.41, 5.74) is 3.09. The van der Waals surface area contributed by atoms with E-state index in [0.717, 1.165) is 22.6 Å². The number of likely N-dealkylation sites (N-methyl/N-ethyl adjacent to an activating group) is 1. The van der Waals surface area contributed by atoms with Gasteiger partial charge in [-0.1, -0.05) is 42.5 Å². The summed E-state index contributed by atoms with van der Waals surface area (Å²) in [7, 11) is 3.47. The molecule has 4 nitrogen and oxygen atoms in total. The molecular weight excluding hydrogens is 288 g/mol. The minimum atomic E-state index is 0.0159. The first-order valence-electron chi connectivity index (χ1n) is 7.60. The first kappa shape index (κ1) is 15.2. The molecule has 0 fully saturated rings. The number of ether oxygens (including phenoxy) is 1. The molecule has 2 amide bonds. The monoisotopic (exact) mass is 308 g/mol. The topological polar surface area (TPSA) is 32.8 Å². The maximum Gasteiger partial charge on any atom is 0.324 e. The van der Waals surface area contributed by atoms with Crippen LogP contribution in [0.4, 0.5) is 4.79 Å². The molecule has 0 unspecified atom stereocenters. The van der Waals surface area contributed by atoms with Gasteiger partial charge >= 0.3 is 6.03 Å². The molecule has 4 heteroatoms. The van der Waals surface area contributed by atoms with Gasteiger partial charge in [0.15, 0.2) is 0 Å². The van der Waals surface area contributed by atoms with E-state index in [2.05, 4.69) is 6.08 Å². The number of carbonyl (C=O) groups excluding carboxylic acids is 1. The second-order valence-electron chi connectivity index (χ2n) is 5.55. The molecule has 0 aliphatic carbocycles. The van der Waals surface area contributed by atoms with Gasteiger partial charge in [-0.3, -0.25) is 4.90 Å². The van der Waals surface area contributed by atoms with Crippen molar-refractivity contribution in [3.8, 4) is 5.75 Å². The first-order chi connectivity index (χ1) is 11.2. The Morgan fingerprint density at radius 3 is 2.39 bits per heavy atom. The van der Waals surface area contributed by atoms with Crippen LogP contribution in [0.15, 0.2) is 60.7 Å². The average Bonchev–Trinajstić information content (AvgIpc) is 2.60. The Bertz CT molecular complexity index is 708. The van der Waals surface area contributed by atoms with Crippen molar-refractivity contribution < 1.29 is 9.53 Å². The molecule has 1 heterocycles. The maximum absolute atomic E-state index is 12.6. The largest absolute Gasteiger partial charge is 0.497 e. The summed E-state index contributed by atoms with van der Waals surface area (Å²) in [4.78, 5) is 16.2. The molecule has 118 valence electrons. The van der Waals surface area contributed by atoms with Crippen molar-refractivity contribution in [3.63, 3.8) is 0 Å². The highest BCUT2D eigenvalue weighted by molar-refractivity contribution is 5.87. The summed E-state index contributed by atoms with van der Waals surface area (Å²) in [5, 5.41) is 0. The molecule has 0 bridgehead atoms. The highest BCUT2D eigenvalue weighted by Gasteiger charge is 2.26. The Labute approximate surface area is 136 Å². The van der Waals surface area contributed by atoms with Crippen LogP contribution < -0.4 is 4.74 Å². The fourth-order valence-corrected chi connectivity index (χ4v) is 2.67. The van der Waals surface area contributed by atoms with Crippen molar-refractivity contribution >= 4 is 11.7 Å². The van der Waals surface area contributed by atoms with Gasteiger partial charge in [-0.2, -0.15) is 0 Å². The zero-order chi connectivity index (χ0) is 16.2. The Kier molecular flexibility index (Phi) is 4.33. The number of hydrogen-bond acceptors (Lipinski definition) is 2. The number of nitrogens with zero attached hydrogens (tertiary/aromatic N) is 2. The highest BCUT2D eigenvalue weighted by Crippen LogP contribution is 2.26. The van der Waals surface area contributed by atoms with E-state index in [9.17, 15) is 4.79 Å². The molecule has 1 aliphatic rings. The zero-order valence-electron chi connectivity index (χ0n) is 13.4. The second kappa shape index (κ2) is 6.57. The molecule has 0 saturated carbocycles.